The lowest BCUT2D eigenvalue weighted by molar-refractivity contribution is 0.618. The summed E-state index contributed by atoms with van der Waals surface area (Å²) in [7, 11) is -0.789. The van der Waals surface area contributed by atoms with Crippen LogP contribution in [0.5, 0.6) is 0 Å². The van der Waals surface area contributed by atoms with E-state index in [4.69, 9.17) is 12.2 Å². The van der Waals surface area contributed by atoms with Crippen LogP contribution in [0.1, 0.15) is 20.8 Å². The summed E-state index contributed by atoms with van der Waals surface area (Å²) in [6, 6.07) is 0. The standard InChI is InChI=1S/C9H20N2OS2/c1-7(2)5-10-9(13)11-6-8(3)14(4)12/h7-8H,5-6H2,1-4H3,(H2,10,11,13). The molecular weight excluding hydrogens is 216 g/mol. The molecule has 84 valence electrons. The van der Waals surface area contributed by atoms with Gasteiger partial charge in [0.15, 0.2) is 5.11 Å². The first kappa shape index (κ1) is 13.8. The topological polar surface area (TPSA) is 41.1 Å². The van der Waals surface area contributed by atoms with Crippen LogP contribution < -0.4 is 10.6 Å². The van der Waals surface area contributed by atoms with Gasteiger partial charge in [0.1, 0.15) is 0 Å². The number of rotatable bonds is 5. The molecule has 2 unspecified atom stereocenters. The van der Waals surface area contributed by atoms with E-state index in [0.717, 1.165) is 6.54 Å². The third-order valence-electron chi connectivity index (χ3n) is 1.79. The van der Waals surface area contributed by atoms with Crippen LogP contribution in [-0.4, -0.2) is 33.9 Å². The second-order valence-electron chi connectivity index (χ2n) is 3.79. The van der Waals surface area contributed by atoms with Crippen LogP contribution in [0.3, 0.4) is 0 Å². The van der Waals surface area contributed by atoms with Crippen LogP contribution in [-0.2, 0) is 10.8 Å². The Balaban J connectivity index is 3.59. The molecule has 0 rings (SSSR count). The van der Waals surface area contributed by atoms with Crippen LogP contribution in [0.2, 0.25) is 0 Å². The number of hydrogen-bond donors (Lipinski definition) is 2. The summed E-state index contributed by atoms with van der Waals surface area (Å²) < 4.78 is 11.0. The average Bonchev–Trinajstić information content (AvgIpc) is 2.10. The highest BCUT2D eigenvalue weighted by molar-refractivity contribution is 7.84. The first-order valence-electron chi connectivity index (χ1n) is 4.77. The second kappa shape index (κ2) is 7.17. The lowest BCUT2D eigenvalue weighted by atomic mass is 10.2. The SMILES string of the molecule is CC(C)CNC(=S)NCC(C)S(C)=O. The number of nitrogens with one attached hydrogen (secondary N) is 2. The molecule has 0 aromatic carbocycles. The summed E-state index contributed by atoms with van der Waals surface area (Å²) >= 11 is 5.06. The fourth-order valence-electron chi connectivity index (χ4n) is 0.713. The number of hydrogen-bond acceptors (Lipinski definition) is 2. The maximum Gasteiger partial charge on any atom is 0.166 e. The molecule has 5 heteroatoms. The third kappa shape index (κ3) is 7.26. The summed E-state index contributed by atoms with van der Waals surface area (Å²) in [4.78, 5) is 0. The molecule has 0 heterocycles. The fourth-order valence-corrected chi connectivity index (χ4v) is 1.20. The maximum atomic E-state index is 11.0. The summed E-state index contributed by atoms with van der Waals surface area (Å²) in [5.41, 5.74) is 0. The highest BCUT2D eigenvalue weighted by Gasteiger charge is 2.06. The Bertz CT molecular complexity index is 207. The predicted octanol–water partition coefficient (Wildman–Crippen LogP) is 0.874. The van der Waals surface area contributed by atoms with Crippen LogP contribution in [0.4, 0.5) is 0 Å². The van der Waals surface area contributed by atoms with Crippen molar-refractivity contribution >= 4 is 28.1 Å². The Hall–Kier alpha value is -0.160. The van der Waals surface area contributed by atoms with Gasteiger partial charge in [-0.2, -0.15) is 0 Å². The van der Waals surface area contributed by atoms with E-state index in [1.807, 2.05) is 6.92 Å². The van der Waals surface area contributed by atoms with Gasteiger partial charge < -0.3 is 10.6 Å². The van der Waals surface area contributed by atoms with Crippen molar-refractivity contribution in [2.75, 3.05) is 19.3 Å². The molecule has 2 atom stereocenters. The average molecular weight is 236 g/mol. The van der Waals surface area contributed by atoms with Gasteiger partial charge in [0.2, 0.25) is 0 Å². The Morgan fingerprint density at radius 1 is 1.29 bits per heavy atom. The van der Waals surface area contributed by atoms with Gasteiger partial charge in [-0.1, -0.05) is 13.8 Å². The highest BCUT2D eigenvalue weighted by atomic mass is 32.2. The molecule has 0 amide bonds. The lowest BCUT2D eigenvalue weighted by Crippen LogP contribution is -2.41. The first-order valence-corrected chi connectivity index (χ1v) is 6.80. The minimum atomic E-state index is -0.789. The van der Waals surface area contributed by atoms with Crippen molar-refractivity contribution < 1.29 is 4.21 Å². The number of thiocarbonyl (C=S) groups is 1. The largest absolute Gasteiger partial charge is 0.362 e. The molecule has 14 heavy (non-hydrogen) atoms. The highest BCUT2D eigenvalue weighted by Crippen LogP contribution is 1.90. The van der Waals surface area contributed by atoms with Crippen molar-refractivity contribution in [1.82, 2.24) is 10.6 Å². The normalized spacial score (nSPS) is 14.9. The minimum absolute atomic E-state index is 0.133. The Morgan fingerprint density at radius 2 is 1.79 bits per heavy atom. The smallest absolute Gasteiger partial charge is 0.166 e. The Morgan fingerprint density at radius 3 is 2.21 bits per heavy atom. The van der Waals surface area contributed by atoms with Crippen LogP contribution in [0, 0.1) is 5.92 Å². The summed E-state index contributed by atoms with van der Waals surface area (Å²) in [5, 5.41) is 6.93. The van der Waals surface area contributed by atoms with Crippen molar-refractivity contribution in [3.63, 3.8) is 0 Å². The van der Waals surface area contributed by atoms with Gasteiger partial charge in [0.25, 0.3) is 0 Å². The van der Waals surface area contributed by atoms with E-state index in [9.17, 15) is 4.21 Å². The minimum Gasteiger partial charge on any atom is -0.362 e. The zero-order valence-electron chi connectivity index (χ0n) is 9.29. The molecule has 0 saturated heterocycles. The zero-order valence-corrected chi connectivity index (χ0v) is 10.9. The van der Waals surface area contributed by atoms with Crippen molar-refractivity contribution in [2.24, 2.45) is 5.92 Å². The molecule has 0 saturated carbocycles. The molecule has 0 radical (unpaired) electrons. The van der Waals surface area contributed by atoms with Crippen LogP contribution >= 0.6 is 12.2 Å². The lowest BCUT2D eigenvalue weighted by Gasteiger charge is -2.14. The fraction of sp³-hybridized carbons (Fsp3) is 0.889. The van der Waals surface area contributed by atoms with E-state index < -0.39 is 10.8 Å². The van der Waals surface area contributed by atoms with Crippen molar-refractivity contribution in [3.8, 4) is 0 Å². The molecule has 3 nitrogen and oxygen atoms in total. The van der Waals surface area contributed by atoms with Crippen LogP contribution in [0.15, 0.2) is 0 Å². The van der Waals surface area contributed by atoms with Gasteiger partial charge in [0, 0.05) is 35.4 Å². The molecular formula is C9H20N2OS2. The van der Waals surface area contributed by atoms with E-state index in [1.54, 1.807) is 6.26 Å². The molecule has 0 aliphatic heterocycles. The van der Waals surface area contributed by atoms with E-state index >= 15 is 0 Å². The molecule has 0 aliphatic carbocycles. The predicted molar refractivity (Wildman–Crippen MR) is 67.0 cm³/mol. The van der Waals surface area contributed by atoms with Gasteiger partial charge in [-0.05, 0) is 25.1 Å². The summed E-state index contributed by atoms with van der Waals surface area (Å²) in [5.74, 6) is 0.576. The summed E-state index contributed by atoms with van der Waals surface area (Å²) in [6.07, 6.45) is 1.71. The molecule has 0 aliphatic rings. The third-order valence-corrected chi connectivity index (χ3v) is 3.38. The maximum absolute atomic E-state index is 11.0. The molecule has 0 spiro atoms. The van der Waals surface area contributed by atoms with Crippen LogP contribution in [0.25, 0.3) is 0 Å². The van der Waals surface area contributed by atoms with E-state index in [-0.39, 0.29) is 5.25 Å². The molecule has 0 bridgehead atoms. The van der Waals surface area contributed by atoms with Gasteiger partial charge >= 0.3 is 0 Å². The Kier molecular flexibility index (Phi) is 7.09. The second-order valence-corrected chi connectivity index (χ2v) is 6.00. The van der Waals surface area contributed by atoms with Gasteiger partial charge in [-0.3, -0.25) is 4.21 Å². The molecule has 0 aromatic heterocycles. The molecule has 2 N–H and O–H groups in total. The quantitative estimate of drug-likeness (QED) is 0.695. The first-order chi connectivity index (χ1) is 6.43. The Labute approximate surface area is 94.5 Å². The van der Waals surface area contributed by atoms with E-state index in [2.05, 4.69) is 24.5 Å². The van der Waals surface area contributed by atoms with Gasteiger partial charge in [-0.25, -0.2) is 0 Å². The van der Waals surface area contributed by atoms with Gasteiger partial charge in [0.05, 0.1) is 0 Å². The zero-order chi connectivity index (χ0) is 11.1. The van der Waals surface area contributed by atoms with Crippen molar-refractivity contribution in [1.29, 1.82) is 0 Å². The van der Waals surface area contributed by atoms with E-state index in [1.165, 1.54) is 0 Å². The van der Waals surface area contributed by atoms with Gasteiger partial charge in [-0.15, -0.1) is 0 Å². The summed E-state index contributed by atoms with van der Waals surface area (Å²) in [6.45, 7) is 7.72. The molecule has 0 aromatic rings. The van der Waals surface area contributed by atoms with E-state index in [0.29, 0.717) is 17.6 Å². The van der Waals surface area contributed by atoms with Crippen molar-refractivity contribution in [2.45, 2.75) is 26.0 Å². The monoisotopic (exact) mass is 236 g/mol. The van der Waals surface area contributed by atoms with Crippen molar-refractivity contribution in [3.05, 3.63) is 0 Å². The molecule has 0 fully saturated rings.